The van der Waals surface area contributed by atoms with Crippen LogP contribution in [0.4, 0.5) is 17.1 Å². The molecule has 0 aliphatic carbocycles. The van der Waals surface area contributed by atoms with Crippen molar-refractivity contribution in [1.82, 2.24) is 0 Å². The van der Waals surface area contributed by atoms with Crippen molar-refractivity contribution in [2.24, 2.45) is 0 Å². The summed E-state index contributed by atoms with van der Waals surface area (Å²) in [6.07, 6.45) is 1.85. The summed E-state index contributed by atoms with van der Waals surface area (Å²) in [5.74, 6) is 0. The molecule has 23 heavy (non-hydrogen) atoms. The Balaban J connectivity index is 2.10. The van der Waals surface area contributed by atoms with Crippen LogP contribution in [0.3, 0.4) is 0 Å². The fourth-order valence-corrected chi connectivity index (χ4v) is 2.92. The van der Waals surface area contributed by atoms with E-state index in [0.29, 0.717) is 0 Å². The van der Waals surface area contributed by atoms with Gasteiger partial charge >= 0.3 is 0 Å². The zero-order chi connectivity index (χ0) is 16.2. The highest BCUT2D eigenvalue weighted by Crippen LogP contribution is 2.35. The first-order valence-corrected chi connectivity index (χ1v) is 8.80. The van der Waals surface area contributed by atoms with E-state index in [-0.39, 0.29) is 0 Å². The van der Waals surface area contributed by atoms with Gasteiger partial charge in [0.1, 0.15) is 0 Å². The first-order valence-electron chi connectivity index (χ1n) is 7.21. The van der Waals surface area contributed by atoms with Crippen molar-refractivity contribution in [3.8, 4) is 0 Å². The molecule has 3 heteroatoms. The Morgan fingerprint density at radius 3 is 1.30 bits per heavy atom. The summed E-state index contributed by atoms with van der Waals surface area (Å²) in [4.78, 5) is 2.23. The highest BCUT2D eigenvalue weighted by Gasteiger charge is 2.12. The molecular formula is C20H15Br2N. The van der Waals surface area contributed by atoms with E-state index in [1.165, 1.54) is 0 Å². The lowest BCUT2D eigenvalue weighted by Crippen LogP contribution is -2.09. The predicted octanol–water partition coefficient (Wildman–Crippen LogP) is 7.32. The Bertz CT molecular complexity index is 745. The Morgan fingerprint density at radius 2 is 0.957 bits per heavy atom. The van der Waals surface area contributed by atoms with E-state index in [0.717, 1.165) is 31.6 Å². The van der Waals surface area contributed by atoms with E-state index in [2.05, 4.69) is 116 Å². The summed E-state index contributed by atoms with van der Waals surface area (Å²) in [7, 11) is 0. The Morgan fingerprint density at radius 1 is 0.609 bits per heavy atom. The summed E-state index contributed by atoms with van der Waals surface area (Å²) in [5.41, 5.74) is 4.45. The summed E-state index contributed by atoms with van der Waals surface area (Å²) in [6.45, 7) is 3.82. The molecule has 0 radical (unpaired) electrons. The average Bonchev–Trinajstić information content (AvgIpc) is 2.59. The number of anilines is 3. The van der Waals surface area contributed by atoms with Crippen LogP contribution in [0.1, 0.15) is 5.56 Å². The SMILES string of the molecule is C=Cc1ccc(N(c2ccc(Br)cc2)c2ccc(Br)cc2)cc1. The van der Waals surface area contributed by atoms with Crippen molar-refractivity contribution in [2.45, 2.75) is 0 Å². The van der Waals surface area contributed by atoms with Gasteiger partial charge < -0.3 is 4.90 Å². The van der Waals surface area contributed by atoms with Crippen LogP contribution in [0.5, 0.6) is 0 Å². The molecule has 3 aromatic rings. The van der Waals surface area contributed by atoms with Crippen LogP contribution in [0.2, 0.25) is 0 Å². The Labute approximate surface area is 153 Å². The first-order chi connectivity index (χ1) is 11.2. The molecule has 0 saturated carbocycles. The molecule has 0 aliphatic heterocycles. The molecule has 3 aromatic carbocycles. The van der Waals surface area contributed by atoms with Gasteiger partial charge in [0.25, 0.3) is 0 Å². The van der Waals surface area contributed by atoms with Gasteiger partial charge in [-0.15, -0.1) is 0 Å². The molecule has 0 unspecified atom stereocenters. The lowest BCUT2D eigenvalue weighted by atomic mass is 10.1. The van der Waals surface area contributed by atoms with Crippen molar-refractivity contribution in [2.75, 3.05) is 4.90 Å². The third kappa shape index (κ3) is 3.74. The van der Waals surface area contributed by atoms with Crippen molar-refractivity contribution >= 4 is 55.0 Å². The average molecular weight is 429 g/mol. The van der Waals surface area contributed by atoms with Gasteiger partial charge in [-0.1, -0.05) is 56.6 Å². The highest BCUT2D eigenvalue weighted by molar-refractivity contribution is 9.10. The van der Waals surface area contributed by atoms with Crippen LogP contribution in [0.25, 0.3) is 6.08 Å². The fraction of sp³-hybridized carbons (Fsp3) is 0. The van der Waals surface area contributed by atoms with Crippen LogP contribution >= 0.6 is 31.9 Å². The lowest BCUT2D eigenvalue weighted by Gasteiger charge is -2.25. The smallest absolute Gasteiger partial charge is 0.0462 e. The molecular weight excluding hydrogens is 414 g/mol. The largest absolute Gasteiger partial charge is 0.311 e. The second kappa shape index (κ2) is 7.16. The quantitative estimate of drug-likeness (QED) is 0.420. The lowest BCUT2D eigenvalue weighted by molar-refractivity contribution is 1.28. The van der Waals surface area contributed by atoms with Crippen molar-refractivity contribution in [3.05, 3.63) is 93.9 Å². The maximum Gasteiger partial charge on any atom is 0.0462 e. The predicted molar refractivity (Wildman–Crippen MR) is 107 cm³/mol. The van der Waals surface area contributed by atoms with Gasteiger partial charge in [-0.05, 0) is 66.2 Å². The van der Waals surface area contributed by atoms with E-state index in [4.69, 9.17) is 0 Å². The summed E-state index contributed by atoms with van der Waals surface area (Å²) >= 11 is 7.00. The van der Waals surface area contributed by atoms with Crippen molar-refractivity contribution in [1.29, 1.82) is 0 Å². The molecule has 1 nitrogen and oxygen atoms in total. The first kappa shape index (κ1) is 16.0. The number of halogens is 2. The van der Waals surface area contributed by atoms with Gasteiger partial charge in [-0.25, -0.2) is 0 Å². The number of benzene rings is 3. The van der Waals surface area contributed by atoms with Crippen LogP contribution in [0, 0.1) is 0 Å². The molecule has 0 N–H and O–H groups in total. The minimum atomic E-state index is 1.07. The van der Waals surface area contributed by atoms with E-state index in [9.17, 15) is 0 Å². The van der Waals surface area contributed by atoms with Crippen LogP contribution in [-0.2, 0) is 0 Å². The monoisotopic (exact) mass is 427 g/mol. The Hall–Kier alpha value is -1.84. The molecule has 114 valence electrons. The van der Waals surface area contributed by atoms with E-state index in [1.54, 1.807) is 0 Å². The summed E-state index contributed by atoms with van der Waals surface area (Å²) in [6, 6.07) is 25.0. The number of hydrogen-bond donors (Lipinski definition) is 0. The summed E-state index contributed by atoms with van der Waals surface area (Å²) < 4.78 is 2.14. The number of rotatable bonds is 4. The van der Waals surface area contributed by atoms with Gasteiger partial charge in [-0.3, -0.25) is 0 Å². The Kier molecular flexibility index (Phi) is 4.99. The van der Waals surface area contributed by atoms with Gasteiger partial charge in [0.15, 0.2) is 0 Å². The molecule has 0 fully saturated rings. The normalized spacial score (nSPS) is 10.3. The van der Waals surface area contributed by atoms with Gasteiger partial charge in [0.2, 0.25) is 0 Å². The molecule has 0 aromatic heterocycles. The molecule has 0 aliphatic rings. The molecule has 0 heterocycles. The van der Waals surface area contributed by atoms with E-state index in [1.807, 2.05) is 6.08 Å². The molecule has 0 bridgehead atoms. The second-order valence-electron chi connectivity index (χ2n) is 5.08. The van der Waals surface area contributed by atoms with E-state index >= 15 is 0 Å². The second-order valence-corrected chi connectivity index (χ2v) is 6.92. The maximum atomic E-state index is 3.82. The van der Waals surface area contributed by atoms with Crippen LogP contribution in [-0.4, -0.2) is 0 Å². The molecule has 0 saturated heterocycles. The van der Waals surface area contributed by atoms with Gasteiger partial charge in [0, 0.05) is 26.0 Å². The molecule has 0 spiro atoms. The van der Waals surface area contributed by atoms with Gasteiger partial charge in [0.05, 0.1) is 0 Å². The zero-order valence-electron chi connectivity index (χ0n) is 12.4. The third-order valence-corrected chi connectivity index (χ3v) is 4.61. The third-order valence-electron chi connectivity index (χ3n) is 3.56. The summed E-state index contributed by atoms with van der Waals surface area (Å²) in [5, 5.41) is 0. The number of nitrogens with zero attached hydrogens (tertiary/aromatic N) is 1. The van der Waals surface area contributed by atoms with Crippen molar-refractivity contribution < 1.29 is 0 Å². The maximum absolute atomic E-state index is 3.82. The molecule has 3 rings (SSSR count). The standard InChI is InChI=1S/C20H15Br2N/c1-2-15-3-9-18(10-4-15)23(19-11-5-16(21)6-12-19)20-13-7-17(22)8-14-20/h2-14H,1H2. The number of hydrogen-bond acceptors (Lipinski definition) is 1. The topological polar surface area (TPSA) is 3.24 Å². The zero-order valence-corrected chi connectivity index (χ0v) is 15.6. The van der Waals surface area contributed by atoms with E-state index < -0.39 is 0 Å². The van der Waals surface area contributed by atoms with Crippen LogP contribution in [0.15, 0.2) is 88.3 Å². The minimum absolute atomic E-state index is 1.07. The minimum Gasteiger partial charge on any atom is -0.311 e. The fourth-order valence-electron chi connectivity index (χ4n) is 2.39. The molecule has 0 atom stereocenters. The van der Waals surface area contributed by atoms with Gasteiger partial charge in [-0.2, -0.15) is 0 Å². The molecule has 0 amide bonds. The van der Waals surface area contributed by atoms with Crippen LogP contribution < -0.4 is 4.90 Å². The van der Waals surface area contributed by atoms with Crippen molar-refractivity contribution in [3.63, 3.8) is 0 Å². The highest BCUT2D eigenvalue weighted by atomic mass is 79.9.